The Kier molecular flexibility index (Phi) is 2.51. The maximum absolute atomic E-state index is 7.88. The summed E-state index contributed by atoms with van der Waals surface area (Å²) < 4.78 is 101. The molecule has 0 atom stereocenters. The molecule has 0 aromatic heterocycles. The van der Waals surface area contributed by atoms with Crippen LogP contribution in [0.3, 0.4) is 0 Å². The highest BCUT2D eigenvalue weighted by molar-refractivity contribution is 5.65. The van der Waals surface area contributed by atoms with Crippen LogP contribution >= 0.6 is 0 Å². The van der Waals surface area contributed by atoms with Gasteiger partial charge in [0.1, 0.15) is 0 Å². The fourth-order valence-electron chi connectivity index (χ4n) is 2.39. The van der Waals surface area contributed by atoms with Gasteiger partial charge in [0.05, 0.1) is 11.4 Å². The van der Waals surface area contributed by atoms with Crippen LogP contribution in [-0.4, -0.2) is 11.1 Å². The zero-order chi connectivity index (χ0) is 28.7. The first-order valence-electron chi connectivity index (χ1n) is 14.0. The lowest BCUT2D eigenvalue weighted by molar-refractivity contribution is 0.475. The molecule has 3 nitrogen and oxygen atoms in total. The molecule has 136 valence electrons. The van der Waals surface area contributed by atoms with Gasteiger partial charge in [-0.2, -0.15) is 0 Å². The smallest absolute Gasteiger partial charge is 0.153 e. The molecular formula is C22H32N2O. The predicted molar refractivity (Wildman–Crippen MR) is 109 cm³/mol. The van der Waals surface area contributed by atoms with Gasteiger partial charge in [-0.25, -0.2) is 0 Å². The monoisotopic (exact) mass is 352 g/mol. The molecule has 3 heteroatoms. The Morgan fingerprint density at radius 1 is 0.880 bits per heavy atom. The molecule has 2 N–H and O–H groups in total. The first-order chi connectivity index (χ1) is 16.6. The second kappa shape index (κ2) is 7.38. The molecule has 2 rings (SSSR count). The summed E-state index contributed by atoms with van der Waals surface area (Å²) in [6.07, 6.45) is 0.432. The Labute approximate surface area is 169 Å². The molecule has 0 aliphatic carbocycles. The Balaban J connectivity index is 2.65. The van der Waals surface area contributed by atoms with Crippen LogP contribution in [-0.2, 0) is 6.42 Å². The van der Waals surface area contributed by atoms with Gasteiger partial charge in [0.2, 0.25) is 0 Å². The van der Waals surface area contributed by atoms with Crippen molar-refractivity contribution < 1.29 is 21.2 Å². The van der Waals surface area contributed by atoms with Crippen molar-refractivity contribution in [1.29, 1.82) is 0 Å². The van der Waals surface area contributed by atoms with E-state index in [4.69, 9.17) is 21.2 Å². The fraction of sp³-hybridized carbons (Fsp3) is 0.455. The van der Waals surface area contributed by atoms with Gasteiger partial charge in [-0.15, -0.1) is 0 Å². The van der Waals surface area contributed by atoms with Crippen molar-refractivity contribution in [3.8, 4) is 11.5 Å². The van der Waals surface area contributed by atoms with Crippen molar-refractivity contribution in [3.05, 3.63) is 48.0 Å². The van der Waals surface area contributed by atoms with Gasteiger partial charge in [-0.05, 0) is 71.4 Å². The van der Waals surface area contributed by atoms with Crippen LogP contribution in [0.1, 0.15) is 70.2 Å². The third kappa shape index (κ3) is 5.70. The molecule has 0 aliphatic rings. The number of hydrogen-bond acceptors (Lipinski definition) is 3. The lowest BCUT2D eigenvalue weighted by Crippen LogP contribution is -2.27. The Bertz CT molecular complexity index is 1060. The molecule has 25 heavy (non-hydrogen) atoms. The van der Waals surface area contributed by atoms with Crippen LogP contribution in [0.2, 0.25) is 0 Å². The summed E-state index contributed by atoms with van der Waals surface area (Å²) in [5.74, 6) is 0.194. The lowest BCUT2D eigenvalue weighted by atomic mass is 10.1. The Morgan fingerprint density at radius 2 is 1.48 bits per heavy atom. The third-order valence-electron chi connectivity index (χ3n) is 3.35. The van der Waals surface area contributed by atoms with Gasteiger partial charge >= 0.3 is 0 Å². The van der Waals surface area contributed by atoms with E-state index in [-0.39, 0.29) is 22.9 Å². The summed E-state index contributed by atoms with van der Waals surface area (Å²) >= 11 is 0. The molecule has 0 amide bonds. The van der Waals surface area contributed by atoms with E-state index in [1.807, 2.05) is 6.92 Å². The van der Waals surface area contributed by atoms with Gasteiger partial charge in [0.15, 0.2) is 11.5 Å². The minimum atomic E-state index is -2.92. The summed E-state index contributed by atoms with van der Waals surface area (Å²) in [6, 6.07) is 10.9. The molecule has 0 heterocycles. The molecule has 0 unspecified atom stereocenters. The van der Waals surface area contributed by atoms with Crippen molar-refractivity contribution >= 4 is 11.4 Å². The number of anilines is 2. The molecule has 0 spiro atoms. The van der Waals surface area contributed by atoms with Crippen LogP contribution in [0.15, 0.2) is 42.5 Å². The highest BCUT2D eigenvalue weighted by Gasteiger charge is 2.18. The molecule has 0 fully saturated rings. The van der Waals surface area contributed by atoms with Crippen molar-refractivity contribution in [2.45, 2.75) is 65.7 Å². The molecule has 0 radical (unpaired) electrons. The SMILES string of the molecule is [2H]C([2H])([2H])C(C)(Nc1ccccc1Oc1c(CC)cccc1NC(C)(C([2H])([2H])[2H])C([2H])([2H])[2H])C([2H])([2H])[2H]. The van der Waals surface area contributed by atoms with Crippen molar-refractivity contribution in [2.75, 3.05) is 10.6 Å². The number of hydrogen-bond donors (Lipinski definition) is 2. The fourth-order valence-corrected chi connectivity index (χ4v) is 2.39. The standard InChI is InChI=1S/C22H32N2O/c1-8-16-12-11-14-18(24-22(5,6)7)20(16)25-19-15-10-9-13-17(19)23-21(2,3)4/h9-15,23-24H,8H2,1-7H3/i2D3,3D3,5D3,6D3. The van der Waals surface area contributed by atoms with Crippen LogP contribution < -0.4 is 15.4 Å². The second-order valence-electron chi connectivity index (χ2n) is 6.25. The summed E-state index contributed by atoms with van der Waals surface area (Å²) in [6.45, 7) is -7.68. The van der Waals surface area contributed by atoms with Crippen LogP contribution in [0.5, 0.6) is 11.5 Å². The van der Waals surface area contributed by atoms with E-state index < -0.39 is 38.5 Å². The molecule has 0 saturated carbocycles. The van der Waals surface area contributed by atoms with Crippen LogP contribution in [0, 0.1) is 0 Å². The van der Waals surface area contributed by atoms with Crippen molar-refractivity contribution in [2.24, 2.45) is 0 Å². The minimum Gasteiger partial charge on any atom is -0.453 e. The van der Waals surface area contributed by atoms with Crippen molar-refractivity contribution in [3.63, 3.8) is 0 Å². The largest absolute Gasteiger partial charge is 0.453 e. The minimum absolute atomic E-state index is 0.0654. The highest BCUT2D eigenvalue weighted by Crippen LogP contribution is 2.38. The van der Waals surface area contributed by atoms with E-state index in [2.05, 4.69) is 10.6 Å². The second-order valence-corrected chi connectivity index (χ2v) is 6.25. The average Bonchev–Trinajstić information content (AvgIpc) is 2.72. The summed E-state index contributed by atoms with van der Waals surface area (Å²) in [5.41, 5.74) is -3.88. The van der Waals surface area contributed by atoms with Crippen LogP contribution in [0.4, 0.5) is 11.4 Å². The number of nitrogens with one attached hydrogen (secondary N) is 2. The van der Waals surface area contributed by atoms with E-state index in [0.29, 0.717) is 12.0 Å². The zero-order valence-electron chi connectivity index (χ0n) is 26.7. The van der Waals surface area contributed by atoms with E-state index >= 15 is 0 Å². The quantitative estimate of drug-likeness (QED) is 0.647. The molecule has 0 bridgehead atoms. The van der Waals surface area contributed by atoms with E-state index in [0.717, 1.165) is 13.8 Å². The Morgan fingerprint density at radius 3 is 2.12 bits per heavy atom. The highest BCUT2D eigenvalue weighted by atomic mass is 16.5. The molecule has 0 aliphatic heterocycles. The third-order valence-corrected chi connectivity index (χ3v) is 3.35. The first-order valence-corrected chi connectivity index (χ1v) is 8.04. The maximum Gasteiger partial charge on any atom is 0.153 e. The normalized spacial score (nSPS) is 21.1. The van der Waals surface area contributed by atoms with Gasteiger partial charge in [-0.1, -0.05) is 31.2 Å². The van der Waals surface area contributed by atoms with Gasteiger partial charge in [0, 0.05) is 27.5 Å². The topological polar surface area (TPSA) is 33.3 Å². The van der Waals surface area contributed by atoms with Gasteiger partial charge < -0.3 is 15.4 Å². The van der Waals surface area contributed by atoms with E-state index in [1.54, 1.807) is 24.3 Å². The summed E-state index contributed by atoms with van der Waals surface area (Å²) in [7, 11) is 0. The first kappa shape index (κ1) is 8.48. The van der Waals surface area contributed by atoms with Gasteiger partial charge in [0.25, 0.3) is 0 Å². The number of ether oxygens (including phenoxy) is 1. The molecule has 2 aromatic rings. The lowest BCUT2D eigenvalue weighted by Gasteiger charge is -2.27. The van der Waals surface area contributed by atoms with E-state index in [1.165, 1.54) is 18.2 Å². The molecule has 2 aromatic carbocycles. The average molecular weight is 353 g/mol. The number of benzene rings is 2. The van der Waals surface area contributed by atoms with E-state index in [9.17, 15) is 0 Å². The van der Waals surface area contributed by atoms with Crippen LogP contribution in [0.25, 0.3) is 0 Å². The maximum atomic E-state index is 7.88. The molecular weight excluding hydrogens is 308 g/mol. The molecule has 0 saturated heterocycles. The Hall–Kier alpha value is -2.16. The number of para-hydroxylation sites is 3. The van der Waals surface area contributed by atoms with Gasteiger partial charge in [-0.3, -0.25) is 0 Å². The van der Waals surface area contributed by atoms with Crippen molar-refractivity contribution in [1.82, 2.24) is 0 Å². The number of aryl methyl sites for hydroxylation is 1. The summed E-state index contributed by atoms with van der Waals surface area (Å²) in [4.78, 5) is 0. The predicted octanol–water partition coefficient (Wildman–Crippen LogP) is 6.46. The summed E-state index contributed by atoms with van der Waals surface area (Å²) in [5, 5.41) is 5.29. The number of rotatable bonds is 5. The zero-order valence-corrected chi connectivity index (χ0v) is 14.7.